The standard InChI is InChI=1S/C90H108O24/c1-91-19-25-97-31-37-103-43-49-109-85-61-73-7-9-75-56-77(65-86(63-75)110-50-44-104-38-32-98-26-20-92-2)11-13-79-58-81(69-88(67-79)112-52-46-106-40-34-100-28-22-94-4)15-17-83-60-84(72-90(71-83)114-54-48-108-42-36-102-30-24-96-6)18-16-82-59-80(68-89(70-82)113-53-47-107-41-35-101-29-23-95-5)14-12-78-57-76(10-8-74(55-73)62-85)64-87(66-78)111-51-45-105-39-33-99-27-21-93-3/h55-72H,19-54H2,1-6H3. The molecule has 0 unspecified atom stereocenters. The van der Waals surface area contributed by atoms with E-state index in [1.165, 1.54) is 0 Å². The molecule has 0 saturated carbocycles. The average Bonchev–Trinajstić information content (AvgIpc) is 0.847. The van der Waals surface area contributed by atoms with Gasteiger partial charge >= 0.3 is 0 Å². The van der Waals surface area contributed by atoms with Crippen LogP contribution < -0.4 is 28.4 Å². The van der Waals surface area contributed by atoms with Crippen molar-refractivity contribution in [1.29, 1.82) is 0 Å². The molecular formula is C90H108O24. The molecule has 0 N–H and O–H groups in total. The zero-order valence-electron chi connectivity index (χ0n) is 66.6. The maximum Gasteiger partial charge on any atom is 0.121 e. The fourth-order valence-corrected chi connectivity index (χ4v) is 9.92. The summed E-state index contributed by atoms with van der Waals surface area (Å²) in [5, 5.41) is 7.40. The lowest BCUT2D eigenvalue weighted by molar-refractivity contribution is 0.0180. The normalized spacial score (nSPS) is 10.8. The SMILES string of the molecule is COCCOCCOCCOc1cc2c#cc3cc(OCCOCCOCCOC)cc(c#cc4cc(OCCOCCOCCOC)cc(c#cc5cc(OCCOCCOCCOC)cc(c#cc6cc(OCCOCCOCCOC)cc(c#cc7cc(OCCOCCOCCOC)cc(c#cc(c1)c2)c7)c6)c5)c4)c3. The number of hydrogen-bond donors (Lipinski definition) is 0. The summed E-state index contributed by atoms with van der Waals surface area (Å²) in [4.78, 5) is 0. The summed E-state index contributed by atoms with van der Waals surface area (Å²) < 4.78 is 137. The molecule has 0 aliphatic rings. The molecule has 0 saturated heterocycles. The van der Waals surface area contributed by atoms with E-state index >= 15 is 0 Å². The van der Waals surface area contributed by atoms with E-state index in [0.29, 0.717) is 297 Å². The Balaban J connectivity index is 1.41. The lowest BCUT2D eigenvalue weighted by atomic mass is 10.1. The van der Waals surface area contributed by atoms with Gasteiger partial charge in [-0.1, -0.05) is 72.8 Å². The molecule has 0 heterocycles. The molecule has 0 spiro atoms. The monoisotopic (exact) mass is 1570 g/mol. The number of methoxy groups -OCH3 is 6. The van der Waals surface area contributed by atoms with Crippen molar-refractivity contribution < 1.29 is 114 Å². The summed E-state index contributed by atoms with van der Waals surface area (Å²) in [6.07, 6.45) is 0. The summed E-state index contributed by atoms with van der Waals surface area (Å²) in [7, 11) is 9.79. The molecule has 7 rings (SSSR count). The van der Waals surface area contributed by atoms with Gasteiger partial charge in [-0.15, -0.1) is 0 Å². The highest BCUT2D eigenvalue weighted by atomic mass is 16.6. The third kappa shape index (κ3) is 42.2. The molecule has 0 aliphatic heterocycles. The van der Waals surface area contributed by atoms with Crippen LogP contribution in [0.25, 0.3) is 64.6 Å². The third-order valence-corrected chi connectivity index (χ3v) is 15.3. The van der Waals surface area contributed by atoms with Gasteiger partial charge in [0.2, 0.25) is 0 Å². The van der Waals surface area contributed by atoms with Crippen molar-refractivity contribution in [2.24, 2.45) is 0 Å². The van der Waals surface area contributed by atoms with Gasteiger partial charge in [-0.2, -0.15) is 0 Å². The van der Waals surface area contributed by atoms with Crippen molar-refractivity contribution in [1.82, 2.24) is 0 Å². The van der Waals surface area contributed by atoms with Crippen LogP contribution in [0.4, 0.5) is 0 Å². The van der Waals surface area contributed by atoms with Gasteiger partial charge in [0.05, 0.1) is 198 Å². The Kier molecular flexibility index (Phi) is 48.7. The van der Waals surface area contributed by atoms with Crippen LogP contribution in [0.15, 0.2) is 109 Å². The molecule has 24 heteroatoms. The molecule has 7 aromatic carbocycles. The minimum Gasteiger partial charge on any atom is -0.491 e. The predicted octanol–water partition coefficient (Wildman–Crippen LogP) is 11.6. The summed E-state index contributed by atoms with van der Waals surface area (Å²) >= 11 is 0. The lowest BCUT2D eigenvalue weighted by Crippen LogP contribution is -2.12. The Morgan fingerprint density at radius 1 is 0.132 bits per heavy atom. The second-order valence-corrected chi connectivity index (χ2v) is 24.4. The third-order valence-electron chi connectivity index (χ3n) is 15.3. The molecular weight excluding hydrogens is 1460 g/mol. The highest BCUT2D eigenvalue weighted by Gasteiger charge is 2.06. The number of benzene rings is 6. The van der Waals surface area contributed by atoms with Crippen molar-refractivity contribution in [3.63, 3.8) is 0 Å². The Morgan fingerprint density at radius 3 is 0.333 bits per heavy atom. The smallest absolute Gasteiger partial charge is 0.121 e. The van der Waals surface area contributed by atoms with E-state index in [1.807, 2.05) is 109 Å². The van der Waals surface area contributed by atoms with Gasteiger partial charge in [-0.05, 0) is 109 Å². The van der Waals surface area contributed by atoms with E-state index in [2.05, 4.69) is 72.8 Å². The fourth-order valence-electron chi connectivity index (χ4n) is 9.92. The van der Waals surface area contributed by atoms with Crippen LogP contribution in [0, 0.1) is 72.8 Å². The Bertz CT molecular complexity index is 3250. The highest BCUT2D eigenvalue weighted by molar-refractivity contribution is 5.75. The van der Waals surface area contributed by atoms with Crippen LogP contribution >= 0.6 is 0 Å². The van der Waals surface area contributed by atoms with Gasteiger partial charge in [-0.25, -0.2) is 0 Å². The first kappa shape index (κ1) is 91.9. The molecule has 24 nitrogen and oxygen atoms in total. The van der Waals surface area contributed by atoms with E-state index in [9.17, 15) is 0 Å². The average molecular weight is 1570 g/mol. The van der Waals surface area contributed by atoms with Crippen LogP contribution in [0.2, 0.25) is 0 Å². The van der Waals surface area contributed by atoms with Gasteiger partial charge in [0, 0.05) is 107 Å². The summed E-state index contributed by atoms with van der Waals surface area (Å²) in [5.41, 5.74) is 0. The molecule has 612 valence electrons. The first-order valence-corrected chi connectivity index (χ1v) is 38.0. The molecule has 0 fully saturated rings. The number of ether oxygens (including phenoxy) is 24. The Morgan fingerprint density at radius 2 is 0.228 bits per heavy atom. The molecule has 0 aliphatic carbocycles. The topological polar surface area (TPSA) is 222 Å². The lowest BCUT2D eigenvalue weighted by Gasteiger charge is -2.08. The molecule has 0 radical (unpaired) electrons. The Labute approximate surface area is 672 Å². The number of rotatable bonds is 60. The zero-order chi connectivity index (χ0) is 80.0. The van der Waals surface area contributed by atoms with Gasteiger partial charge in [0.25, 0.3) is 0 Å². The Hall–Kier alpha value is -9.24. The van der Waals surface area contributed by atoms with Crippen molar-refractivity contribution in [3.8, 4) is 34.5 Å². The first-order valence-electron chi connectivity index (χ1n) is 38.0. The van der Waals surface area contributed by atoms with E-state index in [-0.39, 0.29) is 39.6 Å². The van der Waals surface area contributed by atoms with Crippen molar-refractivity contribution in [3.05, 3.63) is 182 Å². The van der Waals surface area contributed by atoms with Crippen LogP contribution in [0.5, 0.6) is 34.5 Å². The molecule has 0 aromatic heterocycles. The first-order chi connectivity index (χ1) is 56.3. The van der Waals surface area contributed by atoms with Crippen molar-refractivity contribution in [2.75, 3.05) is 281 Å². The van der Waals surface area contributed by atoms with E-state index in [4.69, 9.17) is 114 Å². The fraction of sp³-hybridized carbons (Fsp3) is 0.467. The summed E-state index contributed by atoms with van der Waals surface area (Å²) in [6.45, 7) is 13.8. The van der Waals surface area contributed by atoms with Crippen LogP contribution in [0.1, 0.15) is 0 Å². The van der Waals surface area contributed by atoms with Gasteiger partial charge < -0.3 is 114 Å². The number of hydrogen-bond acceptors (Lipinski definition) is 24. The van der Waals surface area contributed by atoms with E-state index in [1.54, 1.807) is 42.7 Å². The second kappa shape index (κ2) is 60.3. The molecule has 0 atom stereocenters. The minimum absolute atomic E-state index is 0.237. The molecule has 114 heavy (non-hydrogen) atoms. The van der Waals surface area contributed by atoms with Crippen molar-refractivity contribution >= 4 is 64.6 Å². The van der Waals surface area contributed by atoms with E-state index < -0.39 is 0 Å². The van der Waals surface area contributed by atoms with E-state index in [0.717, 1.165) is 0 Å². The summed E-state index contributed by atoms with van der Waals surface area (Å²) in [6, 6.07) is 74.4. The van der Waals surface area contributed by atoms with Crippen LogP contribution in [0.3, 0.4) is 0 Å². The van der Waals surface area contributed by atoms with Crippen LogP contribution in [-0.4, -0.2) is 281 Å². The van der Waals surface area contributed by atoms with Gasteiger partial charge in [-0.3, -0.25) is 0 Å². The maximum absolute atomic E-state index is 6.35. The summed E-state index contributed by atoms with van der Waals surface area (Å²) in [5.74, 6) is 3.14. The predicted molar refractivity (Wildman–Crippen MR) is 431 cm³/mol. The maximum atomic E-state index is 6.35. The quantitative estimate of drug-likeness (QED) is 0.0323. The highest BCUT2D eigenvalue weighted by Crippen LogP contribution is 2.24. The molecule has 7 aromatic rings. The second-order valence-electron chi connectivity index (χ2n) is 24.4. The minimum atomic E-state index is 0.237. The van der Waals surface area contributed by atoms with Gasteiger partial charge in [0.15, 0.2) is 0 Å². The zero-order valence-corrected chi connectivity index (χ0v) is 66.6. The van der Waals surface area contributed by atoms with Crippen LogP contribution in [-0.2, 0) is 85.3 Å². The number of fused-ring (bicyclic) bond motifs is 12. The molecule has 0 amide bonds. The molecule has 12 bridgehead atoms. The van der Waals surface area contributed by atoms with Crippen molar-refractivity contribution in [2.45, 2.75) is 0 Å². The largest absolute Gasteiger partial charge is 0.491 e. The van der Waals surface area contributed by atoms with Gasteiger partial charge in [0.1, 0.15) is 74.1 Å².